The molecule has 0 spiro atoms. The Morgan fingerprint density at radius 3 is 2.30 bits per heavy atom. The molecule has 0 aromatic heterocycles. The average molecular weight is 456 g/mol. The lowest BCUT2D eigenvalue weighted by Gasteiger charge is -2.23. The first-order chi connectivity index (χ1) is 15.8. The second kappa shape index (κ2) is 10.9. The normalized spacial score (nSPS) is 12.4. The molecule has 0 radical (unpaired) electrons. The van der Waals surface area contributed by atoms with Gasteiger partial charge in [0.05, 0.1) is 13.7 Å². The van der Waals surface area contributed by atoms with Crippen molar-refractivity contribution in [3.05, 3.63) is 95.6 Å². The van der Waals surface area contributed by atoms with Gasteiger partial charge in [-0.05, 0) is 49.0 Å². The molecule has 0 heterocycles. The zero-order valence-corrected chi connectivity index (χ0v) is 18.6. The Bertz CT molecular complexity index is 1040. The molecule has 174 valence electrons. The van der Waals surface area contributed by atoms with E-state index in [1.165, 1.54) is 49.6 Å². The third-order valence-corrected chi connectivity index (χ3v) is 5.28. The fourth-order valence-corrected chi connectivity index (χ4v) is 3.50. The Kier molecular flexibility index (Phi) is 8.01. The Morgan fingerprint density at radius 1 is 0.970 bits per heavy atom. The lowest BCUT2D eigenvalue weighted by atomic mass is 10.00. The van der Waals surface area contributed by atoms with Gasteiger partial charge in [0.2, 0.25) is 0 Å². The molecule has 0 fully saturated rings. The summed E-state index contributed by atoms with van der Waals surface area (Å²) in [5, 5.41) is 8.96. The molecule has 0 aliphatic carbocycles. The molecule has 0 saturated heterocycles. The Hall–Kier alpha value is -3.45. The maximum absolute atomic E-state index is 15.0. The van der Waals surface area contributed by atoms with Crippen molar-refractivity contribution in [2.24, 2.45) is 0 Å². The molecule has 5 nitrogen and oxygen atoms in total. The summed E-state index contributed by atoms with van der Waals surface area (Å²) < 4.78 is 41.2. The van der Waals surface area contributed by atoms with E-state index in [0.717, 1.165) is 5.56 Å². The summed E-state index contributed by atoms with van der Waals surface area (Å²) in [6.07, 6.45) is 0.183. The fourth-order valence-electron chi connectivity index (χ4n) is 3.50. The van der Waals surface area contributed by atoms with Crippen molar-refractivity contribution in [2.45, 2.75) is 18.4 Å². The van der Waals surface area contributed by atoms with E-state index in [1.807, 2.05) is 30.3 Å². The summed E-state index contributed by atoms with van der Waals surface area (Å²) in [6.45, 7) is 0.424. The fraction of sp³-hybridized carbons (Fsp3) is 0.269. The molecule has 7 heteroatoms. The highest BCUT2D eigenvalue weighted by Gasteiger charge is 2.34. The Morgan fingerprint density at radius 2 is 1.67 bits per heavy atom. The van der Waals surface area contributed by atoms with Gasteiger partial charge in [0.1, 0.15) is 17.6 Å². The molecule has 3 rings (SSSR count). The van der Waals surface area contributed by atoms with E-state index >= 15 is 8.78 Å². The van der Waals surface area contributed by atoms with Crippen LogP contribution >= 0.6 is 0 Å². The first-order valence-electron chi connectivity index (χ1n) is 10.5. The largest absolute Gasteiger partial charge is 0.497 e. The quantitative estimate of drug-likeness (QED) is 0.422. The van der Waals surface area contributed by atoms with Crippen LogP contribution in [0.25, 0.3) is 0 Å². The summed E-state index contributed by atoms with van der Waals surface area (Å²) in [4.78, 5) is 12.6. The van der Waals surface area contributed by atoms with Gasteiger partial charge in [0.15, 0.2) is 0 Å². The average Bonchev–Trinajstić information content (AvgIpc) is 2.82. The number of carboxylic acid groups (broad SMARTS) is 1. The molecule has 1 atom stereocenters. The molecule has 0 aliphatic heterocycles. The van der Waals surface area contributed by atoms with E-state index in [0.29, 0.717) is 24.5 Å². The first kappa shape index (κ1) is 24.2. The van der Waals surface area contributed by atoms with E-state index in [-0.39, 0.29) is 23.8 Å². The minimum absolute atomic E-state index is 0.0738. The third-order valence-electron chi connectivity index (χ3n) is 5.28. The van der Waals surface area contributed by atoms with Crippen LogP contribution in [0.2, 0.25) is 0 Å². The van der Waals surface area contributed by atoms with Crippen molar-refractivity contribution in [3.63, 3.8) is 0 Å². The van der Waals surface area contributed by atoms with E-state index in [4.69, 9.17) is 14.6 Å². The van der Waals surface area contributed by atoms with Crippen LogP contribution in [0.4, 0.5) is 8.78 Å². The highest BCUT2D eigenvalue weighted by molar-refractivity contribution is 5.69. The zero-order chi connectivity index (χ0) is 23.8. The number of likely N-dealkylation sites (N-methyl/N-ethyl adjacent to an activating group) is 1. The molecule has 1 unspecified atom stereocenters. The highest BCUT2D eigenvalue weighted by atomic mass is 19.3. The van der Waals surface area contributed by atoms with E-state index < -0.39 is 11.9 Å². The summed E-state index contributed by atoms with van der Waals surface area (Å²) in [7, 11) is 3.16. The number of methoxy groups -OCH3 is 1. The predicted molar refractivity (Wildman–Crippen MR) is 122 cm³/mol. The molecule has 3 aromatic carbocycles. The highest BCUT2D eigenvalue weighted by Crippen LogP contribution is 2.38. The van der Waals surface area contributed by atoms with Crippen LogP contribution in [0.15, 0.2) is 78.9 Å². The number of halogens is 2. The molecule has 0 amide bonds. The second-order valence-electron chi connectivity index (χ2n) is 7.77. The van der Waals surface area contributed by atoms with Crippen LogP contribution in [0, 0.1) is 0 Å². The number of alkyl halides is 2. The van der Waals surface area contributed by atoms with Gasteiger partial charge in [-0.1, -0.05) is 42.5 Å². The molecular weight excluding hydrogens is 428 g/mol. The van der Waals surface area contributed by atoms with Crippen LogP contribution in [-0.4, -0.2) is 43.2 Å². The standard InChI is InChI=1S/C26H27F2NO4/c1-29(18-25(30)31)16-15-24(19-7-4-3-5-8-19)33-22-13-11-20(12-14-22)26(27,28)21-9-6-10-23(17-21)32-2/h3-14,17,24H,15-16,18H2,1-2H3,(H,30,31). The third kappa shape index (κ3) is 6.52. The van der Waals surface area contributed by atoms with E-state index in [9.17, 15) is 4.79 Å². The number of rotatable bonds is 11. The van der Waals surface area contributed by atoms with Gasteiger partial charge < -0.3 is 14.6 Å². The van der Waals surface area contributed by atoms with E-state index in [1.54, 1.807) is 18.0 Å². The Labute approximate surface area is 192 Å². The maximum atomic E-state index is 15.0. The predicted octanol–water partition coefficient (Wildman–Crippen LogP) is 5.36. The molecule has 0 aliphatic rings. The summed E-state index contributed by atoms with van der Waals surface area (Å²) in [5.41, 5.74) is 0.617. The van der Waals surface area contributed by atoms with E-state index in [2.05, 4.69) is 0 Å². The number of nitrogens with zero attached hydrogens (tertiary/aromatic N) is 1. The van der Waals surface area contributed by atoms with Crippen molar-refractivity contribution in [1.82, 2.24) is 4.90 Å². The zero-order valence-electron chi connectivity index (χ0n) is 18.6. The Balaban J connectivity index is 1.76. The minimum Gasteiger partial charge on any atom is -0.497 e. The molecule has 1 N–H and O–H groups in total. The van der Waals surface area contributed by atoms with Crippen molar-refractivity contribution in [1.29, 1.82) is 0 Å². The topological polar surface area (TPSA) is 59.0 Å². The number of ether oxygens (including phenoxy) is 2. The van der Waals surface area contributed by atoms with Gasteiger partial charge in [0, 0.05) is 24.1 Å². The van der Waals surface area contributed by atoms with Gasteiger partial charge in [-0.3, -0.25) is 9.69 Å². The molecular formula is C26H27F2NO4. The smallest absolute Gasteiger partial charge is 0.317 e. The number of hydrogen-bond donors (Lipinski definition) is 1. The number of aliphatic carboxylic acids is 1. The SMILES string of the molecule is COc1cccc(C(F)(F)c2ccc(OC(CCN(C)CC(=O)O)c3ccccc3)cc2)c1. The van der Waals surface area contributed by atoms with Crippen molar-refractivity contribution in [3.8, 4) is 11.5 Å². The van der Waals surface area contributed by atoms with Crippen molar-refractivity contribution < 1.29 is 28.2 Å². The van der Waals surface area contributed by atoms with Gasteiger partial charge in [-0.15, -0.1) is 0 Å². The van der Waals surface area contributed by atoms with Gasteiger partial charge in [-0.25, -0.2) is 0 Å². The second-order valence-corrected chi connectivity index (χ2v) is 7.77. The van der Waals surface area contributed by atoms with Crippen molar-refractivity contribution in [2.75, 3.05) is 27.2 Å². The maximum Gasteiger partial charge on any atom is 0.317 e. The van der Waals surface area contributed by atoms with Crippen LogP contribution < -0.4 is 9.47 Å². The van der Waals surface area contributed by atoms with Gasteiger partial charge in [0.25, 0.3) is 5.92 Å². The molecule has 0 bridgehead atoms. The number of carbonyl (C=O) groups is 1. The summed E-state index contributed by atoms with van der Waals surface area (Å²) in [5.74, 6) is -3.27. The number of carboxylic acids is 1. The van der Waals surface area contributed by atoms with Crippen LogP contribution in [0.5, 0.6) is 11.5 Å². The summed E-state index contributed by atoms with van der Waals surface area (Å²) in [6, 6.07) is 21.1. The lowest BCUT2D eigenvalue weighted by molar-refractivity contribution is -0.138. The number of hydrogen-bond acceptors (Lipinski definition) is 4. The molecule has 0 saturated carbocycles. The summed E-state index contributed by atoms with van der Waals surface area (Å²) >= 11 is 0. The van der Waals surface area contributed by atoms with Crippen molar-refractivity contribution >= 4 is 5.97 Å². The van der Waals surface area contributed by atoms with Gasteiger partial charge in [-0.2, -0.15) is 8.78 Å². The lowest BCUT2D eigenvalue weighted by Crippen LogP contribution is -2.28. The van der Waals surface area contributed by atoms with Gasteiger partial charge >= 0.3 is 5.97 Å². The number of benzene rings is 3. The molecule has 3 aromatic rings. The van der Waals surface area contributed by atoms with Crippen LogP contribution in [0.1, 0.15) is 29.2 Å². The minimum atomic E-state index is -3.19. The first-order valence-corrected chi connectivity index (χ1v) is 10.5. The van der Waals surface area contributed by atoms with Crippen LogP contribution in [0.3, 0.4) is 0 Å². The molecule has 33 heavy (non-hydrogen) atoms. The monoisotopic (exact) mass is 455 g/mol. The van der Waals surface area contributed by atoms with Crippen LogP contribution in [-0.2, 0) is 10.7 Å².